The Kier molecular flexibility index (Phi) is 8.89. The lowest BCUT2D eigenvalue weighted by atomic mass is 9.80. The van der Waals surface area contributed by atoms with Crippen molar-refractivity contribution in [3.63, 3.8) is 0 Å². The quantitative estimate of drug-likeness (QED) is 0.216. The number of pyridine rings is 1. The third-order valence-corrected chi connectivity index (χ3v) is 8.67. The molecule has 2 atom stereocenters. The van der Waals surface area contributed by atoms with Gasteiger partial charge in [0.15, 0.2) is 6.04 Å². The lowest BCUT2D eigenvalue weighted by Gasteiger charge is -2.32. The minimum Gasteiger partial charge on any atom is -0.389 e. The second kappa shape index (κ2) is 11.7. The van der Waals surface area contributed by atoms with Crippen molar-refractivity contribution >= 4 is 40.4 Å². The molecule has 1 aromatic heterocycles. The number of thiocarbonyl (C=S) groups is 1. The van der Waals surface area contributed by atoms with E-state index in [0.29, 0.717) is 5.92 Å². The normalized spacial score (nSPS) is 23.0. The van der Waals surface area contributed by atoms with Crippen LogP contribution in [0.25, 0.3) is 0 Å². The average Bonchev–Trinajstić information content (AvgIpc) is 3.43. The molecule has 8 nitrogen and oxygen atoms in total. The fourth-order valence-electron chi connectivity index (χ4n) is 5.72. The summed E-state index contributed by atoms with van der Waals surface area (Å²) in [5.74, 6) is -0.677. The maximum Gasteiger partial charge on any atom is 0.417 e. The first-order chi connectivity index (χ1) is 18.7. The van der Waals surface area contributed by atoms with Crippen LogP contribution in [-0.2, 0) is 15.8 Å². The summed E-state index contributed by atoms with van der Waals surface area (Å²) in [5.41, 5.74) is -2.71. The van der Waals surface area contributed by atoms with Crippen LogP contribution >= 0.6 is 12.2 Å². The summed E-state index contributed by atoms with van der Waals surface area (Å²) in [6.07, 6.45) is 2.71. The first kappa shape index (κ1) is 30.4. The third-order valence-electron chi connectivity index (χ3n) is 8.23. The summed E-state index contributed by atoms with van der Waals surface area (Å²) in [6.45, 7) is 6.26. The molecule has 3 aliphatic rings. The molecule has 2 saturated heterocycles. The molecule has 0 aromatic carbocycles. The monoisotopic (exact) mass is 581 g/mol. The highest BCUT2D eigenvalue weighted by Crippen LogP contribution is 2.39. The zero-order valence-electron chi connectivity index (χ0n) is 23.3. The number of alkyl halides is 3. The van der Waals surface area contributed by atoms with Gasteiger partial charge in [0.05, 0.1) is 21.7 Å². The van der Waals surface area contributed by atoms with E-state index in [-0.39, 0.29) is 41.1 Å². The molecule has 12 heteroatoms. The number of halogens is 3. The molecule has 4 rings (SSSR count). The summed E-state index contributed by atoms with van der Waals surface area (Å²) in [4.78, 5) is 36.4. The predicted molar refractivity (Wildman–Crippen MR) is 150 cm³/mol. The smallest absolute Gasteiger partial charge is 0.389 e. The molecule has 3 fully saturated rings. The van der Waals surface area contributed by atoms with E-state index in [1.165, 1.54) is 20.8 Å². The molecule has 3 heterocycles. The number of rotatable bonds is 10. The lowest BCUT2D eigenvalue weighted by molar-refractivity contribution is -0.138. The van der Waals surface area contributed by atoms with Gasteiger partial charge in [-0.05, 0) is 78.2 Å². The van der Waals surface area contributed by atoms with Crippen LogP contribution in [0.4, 0.5) is 19.0 Å². The first-order valence-electron chi connectivity index (χ1n) is 13.9. The highest BCUT2D eigenvalue weighted by Gasteiger charge is 2.46. The molecule has 1 aromatic rings. The van der Waals surface area contributed by atoms with Crippen molar-refractivity contribution in [3.05, 3.63) is 23.4 Å². The minimum atomic E-state index is -4.76. The zero-order valence-corrected chi connectivity index (χ0v) is 24.2. The van der Waals surface area contributed by atoms with Crippen LogP contribution in [0.15, 0.2) is 17.3 Å². The van der Waals surface area contributed by atoms with Crippen molar-refractivity contribution in [2.75, 3.05) is 11.9 Å². The van der Waals surface area contributed by atoms with E-state index in [4.69, 9.17) is 12.2 Å². The summed E-state index contributed by atoms with van der Waals surface area (Å²) in [5, 5.41) is 15.6. The predicted octanol–water partition coefficient (Wildman–Crippen LogP) is 4.29. The van der Waals surface area contributed by atoms with Gasteiger partial charge in [-0.2, -0.15) is 13.2 Å². The second-order valence-corrected chi connectivity index (χ2v) is 12.4. The minimum absolute atomic E-state index is 0.0119. The number of aliphatic imine (C=N–C) groups is 1. The maximum absolute atomic E-state index is 14.3. The molecule has 0 spiro atoms. The Labute approximate surface area is 238 Å². The first-order valence-corrected chi connectivity index (χ1v) is 14.3. The van der Waals surface area contributed by atoms with Crippen molar-refractivity contribution in [2.24, 2.45) is 10.9 Å². The number of nitrogens with zero attached hydrogens (tertiary/aromatic N) is 3. The third kappa shape index (κ3) is 6.82. The van der Waals surface area contributed by atoms with Gasteiger partial charge in [0.1, 0.15) is 5.82 Å². The fourth-order valence-corrected chi connectivity index (χ4v) is 6.04. The molecular formula is C28H38F3N5O3S. The Morgan fingerprint density at radius 1 is 1.18 bits per heavy atom. The second-order valence-electron chi connectivity index (χ2n) is 11.9. The van der Waals surface area contributed by atoms with E-state index in [0.717, 1.165) is 57.2 Å². The lowest BCUT2D eigenvalue weighted by Crippen LogP contribution is -2.46. The molecule has 2 bridgehead atoms. The number of hydrogen-bond donors (Lipinski definition) is 3. The number of carbonyl (C=O) groups is 2. The van der Waals surface area contributed by atoms with Crippen molar-refractivity contribution in [3.8, 4) is 0 Å². The number of aromatic nitrogens is 1. The molecule has 1 aliphatic carbocycles. The Morgan fingerprint density at radius 3 is 2.27 bits per heavy atom. The van der Waals surface area contributed by atoms with Gasteiger partial charge < -0.3 is 20.6 Å². The van der Waals surface area contributed by atoms with E-state index in [1.54, 1.807) is 4.90 Å². The number of amides is 2. The molecule has 3 N–H and O–H groups in total. The Morgan fingerprint density at radius 2 is 1.77 bits per heavy atom. The van der Waals surface area contributed by atoms with Gasteiger partial charge >= 0.3 is 6.18 Å². The van der Waals surface area contributed by atoms with Gasteiger partial charge in [-0.25, -0.2) is 4.98 Å². The Bertz CT molecular complexity index is 1160. The van der Waals surface area contributed by atoms with Crippen LogP contribution in [0.5, 0.6) is 0 Å². The highest BCUT2D eigenvalue weighted by molar-refractivity contribution is 7.81. The SMILES string of the molecule is CC(=NC(C(=O)N1C2CCC1CC2)C(=S)c1cnc(N[C@@H](C)C2CCC2)cc1C(F)(F)F)C(=O)NCC(C)(C)O. The number of nitrogens with one attached hydrogen (secondary N) is 2. The summed E-state index contributed by atoms with van der Waals surface area (Å²) in [6, 6.07) is -0.622. The van der Waals surface area contributed by atoms with Crippen LogP contribution in [-0.4, -0.2) is 73.7 Å². The van der Waals surface area contributed by atoms with Crippen molar-refractivity contribution in [1.29, 1.82) is 0 Å². The number of hydrogen-bond acceptors (Lipinski definition) is 7. The molecule has 220 valence electrons. The van der Waals surface area contributed by atoms with Crippen LogP contribution in [0, 0.1) is 5.92 Å². The molecule has 0 radical (unpaired) electrons. The van der Waals surface area contributed by atoms with Crippen LogP contribution in [0.1, 0.15) is 83.8 Å². The zero-order chi connectivity index (χ0) is 29.4. The topological polar surface area (TPSA) is 107 Å². The average molecular weight is 582 g/mol. The fraction of sp³-hybridized carbons (Fsp3) is 0.679. The van der Waals surface area contributed by atoms with Crippen LogP contribution in [0.3, 0.4) is 0 Å². The summed E-state index contributed by atoms with van der Waals surface area (Å²) in [7, 11) is 0. The summed E-state index contributed by atoms with van der Waals surface area (Å²) < 4.78 is 43.0. The molecule has 1 unspecified atom stereocenters. The molecule has 2 aliphatic heterocycles. The van der Waals surface area contributed by atoms with E-state index >= 15 is 0 Å². The number of carbonyl (C=O) groups excluding carboxylic acids is 2. The van der Waals surface area contributed by atoms with Crippen LogP contribution in [0.2, 0.25) is 0 Å². The van der Waals surface area contributed by atoms with Gasteiger partial charge in [0.2, 0.25) is 0 Å². The molecule has 2 amide bonds. The van der Waals surface area contributed by atoms with Gasteiger partial charge in [-0.3, -0.25) is 14.6 Å². The standard InChI is InChI=1S/C28H38F3N5O3S/c1-15(17-6-5-7-17)34-22-12-21(28(29,30)31)20(13-32-22)24(40)23(26(38)36-18-8-9-19(36)11-10-18)35-16(2)25(37)33-14-27(3,4)39/h12-13,15,17-19,23,39H,5-11,14H2,1-4H3,(H,32,34)(H,33,37)/t15-,18?,19?,23?/m0/s1. The van der Waals surface area contributed by atoms with Gasteiger partial charge in [0, 0.05) is 36.4 Å². The summed E-state index contributed by atoms with van der Waals surface area (Å²) >= 11 is 5.55. The van der Waals surface area contributed by atoms with E-state index in [1.807, 2.05) is 6.92 Å². The van der Waals surface area contributed by atoms with Crippen LogP contribution < -0.4 is 10.6 Å². The van der Waals surface area contributed by atoms with Crippen molar-refractivity contribution in [2.45, 2.75) is 109 Å². The number of fused-ring (bicyclic) bond motifs is 2. The highest BCUT2D eigenvalue weighted by atomic mass is 32.1. The Balaban J connectivity index is 1.67. The van der Waals surface area contributed by atoms with Crippen molar-refractivity contribution in [1.82, 2.24) is 15.2 Å². The van der Waals surface area contributed by atoms with E-state index < -0.39 is 40.8 Å². The van der Waals surface area contributed by atoms with E-state index in [9.17, 15) is 27.9 Å². The van der Waals surface area contributed by atoms with Gasteiger partial charge in [-0.15, -0.1) is 0 Å². The Hall–Kier alpha value is -2.60. The van der Waals surface area contributed by atoms with Crippen molar-refractivity contribution < 1.29 is 27.9 Å². The molecule has 1 saturated carbocycles. The van der Waals surface area contributed by atoms with Gasteiger partial charge in [0.25, 0.3) is 11.8 Å². The molecule has 40 heavy (non-hydrogen) atoms. The number of aliphatic hydroxyl groups is 1. The number of anilines is 1. The maximum atomic E-state index is 14.3. The van der Waals surface area contributed by atoms with Gasteiger partial charge in [-0.1, -0.05) is 18.6 Å². The van der Waals surface area contributed by atoms with E-state index in [2.05, 4.69) is 20.6 Å². The largest absolute Gasteiger partial charge is 0.417 e. The molecular weight excluding hydrogens is 543 g/mol.